The lowest BCUT2D eigenvalue weighted by Crippen LogP contribution is -2.49. The molecule has 1 aromatic heterocycles. The van der Waals surface area contributed by atoms with Gasteiger partial charge in [-0.05, 0) is 60.6 Å². The van der Waals surface area contributed by atoms with Gasteiger partial charge in [0.2, 0.25) is 0 Å². The Morgan fingerprint density at radius 3 is 2.08 bits per heavy atom. The van der Waals surface area contributed by atoms with Crippen molar-refractivity contribution in [2.45, 2.75) is 50.9 Å². The molecule has 1 heterocycles. The van der Waals surface area contributed by atoms with Gasteiger partial charge in [0, 0.05) is 24.3 Å². The largest absolute Gasteiger partial charge is 0.465 e. The van der Waals surface area contributed by atoms with Gasteiger partial charge in [0.25, 0.3) is 0 Å². The van der Waals surface area contributed by atoms with E-state index in [9.17, 15) is 15.0 Å². The summed E-state index contributed by atoms with van der Waals surface area (Å²) in [6, 6.07) is 30.3. The van der Waals surface area contributed by atoms with Gasteiger partial charge in [-0.25, -0.2) is 4.79 Å². The molecular weight excluding hydrogens is 474 g/mol. The van der Waals surface area contributed by atoms with Gasteiger partial charge >= 0.3 is 6.09 Å². The van der Waals surface area contributed by atoms with E-state index in [4.69, 9.17) is 5.73 Å². The zero-order valence-corrected chi connectivity index (χ0v) is 21.6. The van der Waals surface area contributed by atoms with E-state index in [1.165, 1.54) is 4.90 Å². The summed E-state index contributed by atoms with van der Waals surface area (Å²) < 4.78 is 0. The predicted molar refractivity (Wildman–Crippen MR) is 151 cm³/mol. The van der Waals surface area contributed by atoms with Crippen molar-refractivity contribution < 1.29 is 15.0 Å². The zero-order valence-electron chi connectivity index (χ0n) is 21.6. The number of rotatable bonds is 11. The Kier molecular flexibility index (Phi) is 9.25. The van der Waals surface area contributed by atoms with Crippen molar-refractivity contribution in [1.82, 2.24) is 9.88 Å². The Hall–Kier alpha value is -4.00. The molecule has 196 valence electrons. The van der Waals surface area contributed by atoms with Crippen molar-refractivity contribution in [3.63, 3.8) is 0 Å². The molecule has 0 aliphatic heterocycles. The van der Waals surface area contributed by atoms with Crippen molar-refractivity contribution in [3.05, 3.63) is 126 Å². The van der Waals surface area contributed by atoms with Crippen molar-refractivity contribution in [2.75, 3.05) is 0 Å². The SMILES string of the molecule is Cc1ccnc(-c2ccc(C[C@@H]([C@@H](O)C[C@@H](N)Cc3ccccc3)N(Cc3ccccc3)C(=O)O)cc2)c1. The number of aromatic nitrogens is 1. The molecule has 0 bridgehead atoms. The van der Waals surface area contributed by atoms with Crippen LogP contribution >= 0.6 is 0 Å². The highest BCUT2D eigenvalue weighted by Gasteiger charge is 2.31. The number of carboxylic acid groups (broad SMARTS) is 1. The van der Waals surface area contributed by atoms with Crippen LogP contribution in [0, 0.1) is 6.92 Å². The second-order valence-electron chi connectivity index (χ2n) is 9.84. The summed E-state index contributed by atoms with van der Waals surface area (Å²) in [5.74, 6) is 0. The lowest BCUT2D eigenvalue weighted by molar-refractivity contribution is 0.0362. The number of pyridine rings is 1. The van der Waals surface area contributed by atoms with E-state index in [1.54, 1.807) is 6.20 Å². The molecule has 0 saturated heterocycles. The maximum Gasteiger partial charge on any atom is 0.407 e. The van der Waals surface area contributed by atoms with Gasteiger partial charge in [0.1, 0.15) is 0 Å². The Balaban J connectivity index is 1.56. The summed E-state index contributed by atoms with van der Waals surface area (Å²) in [4.78, 5) is 18.3. The molecule has 4 N–H and O–H groups in total. The number of carbonyl (C=O) groups is 1. The van der Waals surface area contributed by atoms with Gasteiger partial charge in [0.15, 0.2) is 0 Å². The second kappa shape index (κ2) is 13.0. The number of aryl methyl sites for hydroxylation is 1. The number of nitrogens with two attached hydrogens (primary N) is 1. The van der Waals surface area contributed by atoms with E-state index in [0.717, 1.165) is 33.5 Å². The summed E-state index contributed by atoms with van der Waals surface area (Å²) in [7, 11) is 0. The molecule has 6 heteroatoms. The molecule has 4 aromatic rings. The van der Waals surface area contributed by atoms with Gasteiger partial charge in [-0.1, -0.05) is 84.9 Å². The topological polar surface area (TPSA) is 99.7 Å². The molecule has 6 nitrogen and oxygen atoms in total. The van der Waals surface area contributed by atoms with Crippen molar-refractivity contribution in [3.8, 4) is 11.3 Å². The van der Waals surface area contributed by atoms with Crippen LogP contribution in [0.25, 0.3) is 11.3 Å². The number of benzene rings is 3. The second-order valence-corrected chi connectivity index (χ2v) is 9.84. The Labute approximate surface area is 224 Å². The Morgan fingerprint density at radius 2 is 1.47 bits per heavy atom. The first-order chi connectivity index (χ1) is 18.4. The summed E-state index contributed by atoms with van der Waals surface area (Å²) in [6.07, 6.45) is 1.03. The molecule has 1 amide bonds. The molecule has 0 saturated carbocycles. The minimum absolute atomic E-state index is 0.178. The quantitative estimate of drug-likeness (QED) is 0.249. The molecule has 38 heavy (non-hydrogen) atoms. The number of aliphatic hydroxyl groups excluding tert-OH is 1. The molecule has 0 radical (unpaired) electrons. The van der Waals surface area contributed by atoms with Crippen molar-refractivity contribution in [1.29, 1.82) is 0 Å². The van der Waals surface area contributed by atoms with Gasteiger partial charge in [-0.3, -0.25) is 9.88 Å². The number of aliphatic hydroxyl groups is 1. The Bertz CT molecular complexity index is 1300. The molecule has 0 aliphatic rings. The summed E-state index contributed by atoms with van der Waals surface area (Å²) in [6.45, 7) is 2.21. The van der Waals surface area contributed by atoms with Gasteiger partial charge in [-0.15, -0.1) is 0 Å². The van der Waals surface area contributed by atoms with E-state index in [1.807, 2.05) is 104 Å². The van der Waals surface area contributed by atoms with Crippen LogP contribution < -0.4 is 5.73 Å². The fourth-order valence-corrected chi connectivity index (χ4v) is 4.78. The van der Waals surface area contributed by atoms with Crippen LogP contribution in [0.1, 0.15) is 28.7 Å². The summed E-state index contributed by atoms with van der Waals surface area (Å²) >= 11 is 0. The molecule has 0 aliphatic carbocycles. The van der Waals surface area contributed by atoms with Crippen molar-refractivity contribution in [2.24, 2.45) is 5.73 Å². The number of hydrogen-bond donors (Lipinski definition) is 3. The first kappa shape index (κ1) is 27.0. The average Bonchev–Trinajstić information content (AvgIpc) is 2.92. The van der Waals surface area contributed by atoms with Crippen LogP contribution in [0.4, 0.5) is 4.79 Å². The summed E-state index contributed by atoms with van der Waals surface area (Å²) in [5, 5.41) is 21.6. The molecular formula is C32H35N3O3. The summed E-state index contributed by atoms with van der Waals surface area (Å²) in [5.41, 5.74) is 12.3. The minimum Gasteiger partial charge on any atom is -0.465 e. The molecule has 0 unspecified atom stereocenters. The van der Waals surface area contributed by atoms with Crippen LogP contribution in [0.5, 0.6) is 0 Å². The van der Waals surface area contributed by atoms with Crippen LogP contribution in [0.2, 0.25) is 0 Å². The molecule has 4 rings (SSSR count). The van der Waals surface area contributed by atoms with Gasteiger partial charge < -0.3 is 15.9 Å². The predicted octanol–water partition coefficient (Wildman–Crippen LogP) is 5.47. The smallest absolute Gasteiger partial charge is 0.407 e. The zero-order chi connectivity index (χ0) is 26.9. The monoisotopic (exact) mass is 509 g/mol. The van der Waals surface area contributed by atoms with Gasteiger partial charge in [0.05, 0.1) is 17.8 Å². The fourth-order valence-electron chi connectivity index (χ4n) is 4.78. The normalized spacial score (nSPS) is 13.4. The molecule has 3 aromatic carbocycles. The third-order valence-electron chi connectivity index (χ3n) is 6.78. The molecule has 0 spiro atoms. The highest BCUT2D eigenvalue weighted by molar-refractivity contribution is 5.66. The highest BCUT2D eigenvalue weighted by Crippen LogP contribution is 2.23. The molecule has 0 fully saturated rings. The lowest BCUT2D eigenvalue weighted by Gasteiger charge is -2.34. The maximum absolute atomic E-state index is 12.5. The average molecular weight is 510 g/mol. The third kappa shape index (κ3) is 7.51. The first-order valence-electron chi connectivity index (χ1n) is 12.9. The van der Waals surface area contributed by atoms with E-state index < -0.39 is 18.2 Å². The van der Waals surface area contributed by atoms with E-state index in [2.05, 4.69) is 4.98 Å². The van der Waals surface area contributed by atoms with E-state index in [-0.39, 0.29) is 19.0 Å². The number of hydrogen-bond acceptors (Lipinski definition) is 4. The third-order valence-corrected chi connectivity index (χ3v) is 6.78. The molecule has 3 atom stereocenters. The first-order valence-corrected chi connectivity index (χ1v) is 12.9. The van der Waals surface area contributed by atoms with E-state index in [0.29, 0.717) is 12.8 Å². The maximum atomic E-state index is 12.5. The fraction of sp³-hybridized carbons (Fsp3) is 0.250. The lowest BCUT2D eigenvalue weighted by atomic mass is 9.92. The standard InChI is InChI=1S/C32H35N3O3/c1-23-16-17-34-29(18-23)27-14-12-25(13-15-27)20-30(35(32(37)38)22-26-10-6-3-7-11-26)31(36)21-28(33)19-24-8-4-2-5-9-24/h2-18,28,30-31,36H,19-22,33H2,1H3,(H,37,38)/t28-,30-,31-/m0/s1. The van der Waals surface area contributed by atoms with Crippen molar-refractivity contribution >= 4 is 6.09 Å². The minimum atomic E-state index is -1.07. The van der Waals surface area contributed by atoms with Crippen LogP contribution in [0.3, 0.4) is 0 Å². The number of amides is 1. The van der Waals surface area contributed by atoms with Gasteiger partial charge in [-0.2, -0.15) is 0 Å². The van der Waals surface area contributed by atoms with Crippen LogP contribution in [-0.2, 0) is 19.4 Å². The van der Waals surface area contributed by atoms with E-state index >= 15 is 0 Å². The Morgan fingerprint density at radius 1 is 0.868 bits per heavy atom. The van der Waals surface area contributed by atoms with Crippen LogP contribution in [-0.4, -0.2) is 44.4 Å². The van der Waals surface area contributed by atoms with Crippen LogP contribution in [0.15, 0.2) is 103 Å². The highest BCUT2D eigenvalue weighted by atomic mass is 16.4. The number of nitrogens with zero attached hydrogens (tertiary/aromatic N) is 2.